The van der Waals surface area contributed by atoms with Gasteiger partial charge in [0.05, 0.1) is 29.5 Å². The largest absolute Gasteiger partial charge is 0.477 e. The second kappa shape index (κ2) is 6.66. The number of carbonyl (C=O) groups is 2. The van der Waals surface area contributed by atoms with Crippen molar-refractivity contribution in [3.05, 3.63) is 34.4 Å². The number of rotatable bonds is 6. The molecule has 2 aromatic rings. The summed E-state index contributed by atoms with van der Waals surface area (Å²) < 4.78 is 3.55. The number of thiazole rings is 1. The Bertz CT molecular complexity index is 1010. The molecule has 2 aliphatic heterocycles. The maximum atomic E-state index is 12.4. The summed E-state index contributed by atoms with van der Waals surface area (Å²) in [5.41, 5.74) is 0.565. The number of aliphatic hydroxyl groups is 3. The minimum absolute atomic E-state index is 0.0265. The molecule has 4 heterocycles. The fraction of sp³-hybridized carbons (Fsp3) is 0.500. The summed E-state index contributed by atoms with van der Waals surface area (Å²) in [4.78, 5) is 27.2. The number of carboxylic acids is 1. The Labute approximate surface area is 164 Å². The van der Waals surface area contributed by atoms with E-state index in [4.69, 9.17) is 0 Å². The molecule has 2 aromatic heterocycles. The lowest BCUT2D eigenvalue weighted by Crippen LogP contribution is -2.63. The van der Waals surface area contributed by atoms with Crippen molar-refractivity contribution in [3.63, 3.8) is 0 Å². The Morgan fingerprint density at radius 3 is 2.64 bits per heavy atom. The van der Waals surface area contributed by atoms with Gasteiger partial charge in [0.1, 0.15) is 31.2 Å². The molecule has 4 rings (SSSR count). The standard InChI is InChI=1S/C18H21N3O6S/c1-8-11(16(18(26)27)21-15(8)14(9(2)24)17(21)25)4-19-5-13-20(12(19)7-23)3-10(6-22)28-13/h3,5,8-9,14-15,22-24H,4,6-7H2,1-2H3/p+1/t8-,9+,14+,15+/m0/s1. The quantitative estimate of drug-likeness (QED) is 0.376. The van der Waals surface area contributed by atoms with Crippen molar-refractivity contribution < 1.29 is 34.6 Å². The number of hydrogen-bond donors (Lipinski definition) is 4. The first-order valence-electron chi connectivity index (χ1n) is 9.01. The van der Waals surface area contributed by atoms with Crippen LogP contribution in [0.1, 0.15) is 24.5 Å². The van der Waals surface area contributed by atoms with Gasteiger partial charge in [-0.3, -0.25) is 4.79 Å². The van der Waals surface area contributed by atoms with Crippen LogP contribution in [0.4, 0.5) is 0 Å². The van der Waals surface area contributed by atoms with E-state index < -0.39 is 18.0 Å². The second-order valence-corrected chi connectivity index (χ2v) is 8.47. The van der Waals surface area contributed by atoms with Crippen LogP contribution in [-0.2, 0) is 29.3 Å². The summed E-state index contributed by atoms with van der Waals surface area (Å²) in [6, 6.07) is -0.364. The van der Waals surface area contributed by atoms with Gasteiger partial charge in [-0.1, -0.05) is 18.3 Å². The molecule has 0 bridgehead atoms. The maximum Gasteiger partial charge on any atom is 0.352 e. The van der Waals surface area contributed by atoms with E-state index in [0.29, 0.717) is 11.4 Å². The minimum atomic E-state index is -1.17. The van der Waals surface area contributed by atoms with Crippen LogP contribution < -0.4 is 4.57 Å². The molecule has 9 nitrogen and oxygen atoms in total. The SMILES string of the molecule is C[C@@H](O)[C@H]1C(=O)N2C(C(=O)O)=C(C[n+]3cc4sc(CO)cn4c3CO)[C@H](C)[C@H]12. The van der Waals surface area contributed by atoms with Gasteiger partial charge in [-0.15, -0.1) is 0 Å². The molecule has 0 unspecified atom stereocenters. The summed E-state index contributed by atoms with van der Waals surface area (Å²) in [7, 11) is 0. The van der Waals surface area contributed by atoms with Crippen LogP contribution in [-0.4, -0.2) is 53.7 Å². The van der Waals surface area contributed by atoms with Crippen molar-refractivity contribution in [2.24, 2.45) is 11.8 Å². The number of aliphatic hydroxyl groups excluding tert-OH is 3. The summed E-state index contributed by atoms with van der Waals surface area (Å²) >= 11 is 1.38. The molecule has 0 spiro atoms. The van der Waals surface area contributed by atoms with Gasteiger partial charge in [-0.2, -0.15) is 4.40 Å². The van der Waals surface area contributed by atoms with Crippen molar-refractivity contribution in [2.45, 2.75) is 45.8 Å². The molecule has 1 saturated heterocycles. The van der Waals surface area contributed by atoms with Crippen molar-refractivity contribution in [1.82, 2.24) is 9.30 Å². The lowest BCUT2D eigenvalue weighted by atomic mass is 9.78. The first-order valence-corrected chi connectivity index (χ1v) is 9.83. The molecule has 4 N–H and O–H groups in total. The zero-order chi connectivity index (χ0) is 20.3. The van der Waals surface area contributed by atoms with E-state index in [1.807, 2.05) is 6.92 Å². The molecular weight excluding hydrogens is 386 g/mol. The molecule has 1 fully saturated rings. The van der Waals surface area contributed by atoms with Crippen molar-refractivity contribution in [3.8, 4) is 0 Å². The van der Waals surface area contributed by atoms with E-state index in [1.54, 1.807) is 28.3 Å². The van der Waals surface area contributed by atoms with Gasteiger partial charge in [-0.25, -0.2) is 9.36 Å². The predicted octanol–water partition coefficient (Wildman–Crippen LogP) is -0.531. The zero-order valence-electron chi connectivity index (χ0n) is 15.4. The molecule has 0 aromatic carbocycles. The molecule has 150 valence electrons. The third-order valence-corrected chi connectivity index (χ3v) is 6.79. The van der Waals surface area contributed by atoms with Gasteiger partial charge in [0.15, 0.2) is 0 Å². The van der Waals surface area contributed by atoms with E-state index in [0.717, 1.165) is 9.71 Å². The molecular formula is C18H22N3O6S+. The average molecular weight is 408 g/mol. The number of imidazole rings is 1. The van der Waals surface area contributed by atoms with Gasteiger partial charge in [-0.05, 0) is 6.92 Å². The Morgan fingerprint density at radius 2 is 2.07 bits per heavy atom. The van der Waals surface area contributed by atoms with Gasteiger partial charge >= 0.3 is 5.97 Å². The topological polar surface area (TPSA) is 127 Å². The van der Waals surface area contributed by atoms with Gasteiger partial charge in [0, 0.05) is 11.5 Å². The highest BCUT2D eigenvalue weighted by atomic mass is 32.1. The highest BCUT2D eigenvalue weighted by Crippen LogP contribution is 2.47. The number of fused-ring (bicyclic) bond motifs is 2. The minimum Gasteiger partial charge on any atom is -0.477 e. The lowest BCUT2D eigenvalue weighted by Gasteiger charge is -2.46. The van der Waals surface area contributed by atoms with Crippen LogP contribution in [0.25, 0.3) is 4.83 Å². The van der Waals surface area contributed by atoms with Gasteiger partial charge < -0.3 is 25.3 Å². The van der Waals surface area contributed by atoms with Crippen molar-refractivity contribution >= 4 is 28.0 Å². The summed E-state index contributed by atoms with van der Waals surface area (Å²) in [6.07, 6.45) is 2.70. The number of carboxylic acid groups (broad SMARTS) is 1. The Hall–Kier alpha value is -2.27. The molecule has 0 aliphatic carbocycles. The monoisotopic (exact) mass is 408 g/mol. The molecule has 0 radical (unpaired) electrons. The van der Waals surface area contributed by atoms with Crippen LogP contribution in [0.15, 0.2) is 23.7 Å². The van der Waals surface area contributed by atoms with E-state index in [9.17, 15) is 30.0 Å². The fourth-order valence-electron chi connectivity index (χ4n) is 4.47. The Kier molecular flexibility index (Phi) is 4.53. The van der Waals surface area contributed by atoms with E-state index >= 15 is 0 Å². The van der Waals surface area contributed by atoms with Crippen LogP contribution in [0, 0.1) is 11.8 Å². The summed E-state index contributed by atoms with van der Waals surface area (Å²) in [5.74, 6) is -1.81. The first-order chi connectivity index (χ1) is 13.3. The van der Waals surface area contributed by atoms with Crippen LogP contribution in [0.2, 0.25) is 0 Å². The lowest BCUT2D eigenvalue weighted by molar-refractivity contribution is -0.697. The van der Waals surface area contributed by atoms with E-state index in [2.05, 4.69) is 0 Å². The second-order valence-electron chi connectivity index (χ2n) is 7.33. The van der Waals surface area contributed by atoms with Crippen LogP contribution in [0.5, 0.6) is 0 Å². The van der Waals surface area contributed by atoms with Crippen LogP contribution >= 0.6 is 11.3 Å². The van der Waals surface area contributed by atoms with Crippen LogP contribution in [0.3, 0.4) is 0 Å². The molecule has 2 aliphatic rings. The third-order valence-electron chi connectivity index (χ3n) is 5.78. The third kappa shape index (κ3) is 2.52. The number of aliphatic carboxylic acids is 1. The Morgan fingerprint density at radius 1 is 1.36 bits per heavy atom. The van der Waals surface area contributed by atoms with Crippen molar-refractivity contribution in [1.29, 1.82) is 0 Å². The molecule has 28 heavy (non-hydrogen) atoms. The summed E-state index contributed by atoms with van der Waals surface area (Å²) in [5, 5.41) is 38.8. The number of amides is 1. The maximum absolute atomic E-state index is 12.4. The predicted molar refractivity (Wildman–Crippen MR) is 96.9 cm³/mol. The number of β-lactam (4-membered cyclic amide) rings is 1. The number of carbonyl (C=O) groups excluding carboxylic acids is 1. The van der Waals surface area contributed by atoms with Crippen molar-refractivity contribution in [2.75, 3.05) is 0 Å². The molecule has 0 saturated carbocycles. The fourth-order valence-corrected chi connectivity index (χ4v) is 5.40. The zero-order valence-corrected chi connectivity index (χ0v) is 16.3. The van der Waals surface area contributed by atoms with Gasteiger partial charge in [0.25, 0.3) is 5.82 Å². The highest BCUT2D eigenvalue weighted by Gasteiger charge is 2.60. The van der Waals surface area contributed by atoms with E-state index in [1.165, 1.54) is 16.2 Å². The number of hydrogen-bond acceptors (Lipinski definition) is 6. The summed E-state index contributed by atoms with van der Waals surface area (Å²) in [6.45, 7) is 3.27. The number of nitrogens with zero attached hydrogens (tertiary/aromatic N) is 3. The number of aromatic nitrogens is 2. The smallest absolute Gasteiger partial charge is 0.352 e. The molecule has 10 heteroatoms. The molecule has 1 amide bonds. The average Bonchev–Trinajstić information content (AvgIpc) is 3.23. The van der Waals surface area contributed by atoms with E-state index in [-0.39, 0.29) is 43.3 Å². The normalized spacial score (nSPS) is 25.4. The van der Waals surface area contributed by atoms with Gasteiger partial charge in [0.2, 0.25) is 10.7 Å². The molecule has 4 atom stereocenters. The highest BCUT2D eigenvalue weighted by molar-refractivity contribution is 7.17. The Balaban J connectivity index is 1.75. The first kappa shape index (κ1) is 19.1.